The number of aliphatic hydroxyl groups is 5. The van der Waals surface area contributed by atoms with E-state index in [1.807, 2.05) is 66.7 Å². The van der Waals surface area contributed by atoms with E-state index >= 15 is 4.79 Å². The molecule has 1 saturated heterocycles. The Hall–Kier alpha value is -6.26. The summed E-state index contributed by atoms with van der Waals surface area (Å²) in [7, 11) is 1.24. The number of hydrogen-bond acceptors (Lipinski definition) is 17. The third kappa shape index (κ3) is 8.61. The quantitative estimate of drug-likeness (QED) is 0.0542. The first-order valence-electron chi connectivity index (χ1n) is 24.4. The van der Waals surface area contributed by atoms with Crippen molar-refractivity contribution in [3.63, 3.8) is 0 Å². The second-order valence-corrected chi connectivity index (χ2v) is 20.7. The molecule has 384 valence electrons. The maximum absolute atomic E-state index is 15.2. The smallest absolute Gasteiger partial charge is 0.343 e. The van der Waals surface area contributed by atoms with Gasteiger partial charge in [-0.1, -0.05) is 43.2 Å². The molecule has 17 heteroatoms. The fourth-order valence-electron chi connectivity index (χ4n) is 11.2. The molecule has 3 aliphatic carbocycles. The van der Waals surface area contributed by atoms with Gasteiger partial charge >= 0.3 is 11.9 Å². The number of Topliss-reactive ketones (excluding diaryl/α,β-unsaturated/α-hetero) is 1. The highest BCUT2D eigenvalue weighted by Crippen LogP contribution is 2.69. The van der Waals surface area contributed by atoms with Gasteiger partial charge in [0.2, 0.25) is 6.29 Å². The minimum atomic E-state index is -2.32. The van der Waals surface area contributed by atoms with Gasteiger partial charge in [0.25, 0.3) is 0 Å². The summed E-state index contributed by atoms with van der Waals surface area (Å²) in [6.07, 6.45) is 3.14. The number of carbonyl (C=O) groups is 3. The number of ether oxygens (including phenoxy) is 6. The molecule has 0 aromatic heterocycles. The van der Waals surface area contributed by atoms with Gasteiger partial charge in [-0.25, -0.2) is 9.59 Å². The number of fused-ring (bicyclic) bond motifs is 5. The molecule has 2 bridgehead atoms. The lowest BCUT2D eigenvalue weighted by atomic mass is 9.43. The number of rotatable bonds is 14. The van der Waals surface area contributed by atoms with Crippen LogP contribution in [0.4, 0.5) is 0 Å². The molecule has 4 fully saturated rings. The van der Waals surface area contributed by atoms with Gasteiger partial charge in [-0.05, 0) is 110 Å². The molecular weight excluding hydrogens is 927 g/mol. The summed E-state index contributed by atoms with van der Waals surface area (Å²) in [5.74, 6) is -4.10. The summed E-state index contributed by atoms with van der Waals surface area (Å²) in [5.41, 5.74) is 6.03. The number of ketones is 1. The summed E-state index contributed by atoms with van der Waals surface area (Å²) in [4.78, 5) is 42.7. The van der Waals surface area contributed by atoms with Crippen molar-refractivity contribution in [2.24, 2.45) is 29.4 Å². The number of dihydropyridines is 1. The van der Waals surface area contributed by atoms with E-state index in [9.17, 15) is 40.4 Å². The average molecular weight is 992 g/mol. The Kier molecular flexibility index (Phi) is 14.2. The number of benzene rings is 2. The molecule has 3 saturated carbocycles. The van der Waals surface area contributed by atoms with Gasteiger partial charge in [0, 0.05) is 40.9 Å². The first-order valence-corrected chi connectivity index (χ1v) is 24.4. The van der Waals surface area contributed by atoms with E-state index in [4.69, 9.17) is 34.2 Å². The molecule has 11 atom stereocenters. The lowest BCUT2D eigenvalue weighted by Gasteiger charge is -2.65. The van der Waals surface area contributed by atoms with E-state index in [-0.39, 0.29) is 70.5 Å². The molecule has 9 rings (SSSR count). The third-order valence-electron chi connectivity index (χ3n) is 15.0. The maximum Gasteiger partial charge on any atom is 0.343 e. The van der Waals surface area contributed by atoms with Crippen LogP contribution in [0.15, 0.2) is 82.3 Å². The van der Waals surface area contributed by atoms with Crippen molar-refractivity contribution in [3.05, 3.63) is 105 Å². The Morgan fingerprint density at radius 2 is 1.69 bits per heavy atom. The van der Waals surface area contributed by atoms with Crippen LogP contribution < -0.4 is 30.0 Å². The number of allylic oxidation sites excluding steroid dienone is 5. The lowest BCUT2D eigenvalue weighted by molar-refractivity contribution is -0.277. The zero-order valence-electron chi connectivity index (χ0n) is 42.1. The Bertz CT molecular complexity index is 2790. The van der Waals surface area contributed by atoms with Gasteiger partial charge in [0.05, 0.1) is 47.7 Å². The van der Waals surface area contributed by atoms with Crippen molar-refractivity contribution in [2.45, 2.75) is 135 Å². The molecule has 1 spiro atoms. The number of carbonyl (C=O) groups excluding carboxylic acids is 3. The van der Waals surface area contributed by atoms with E-state index in [0.29, 0.717) is 41.0 Å². The first-order chi connectivity index (χ1) is 34.1. The molecule has 4 heterocycles. The average Bonchev–Trinajstić information content (AvgIpc) is 3.34. The van der Waals surface area contributed by atoms with Crippen molar-refractivity contribution in [1.82, 2.24) is 5.32 Å². The van der Waals surface area contributed by atoms with Gasteiger partial charge in [-0.3, -0.25) is 4.79 Å². The van der Waals surface area contributed by atoms with E-state index in [0.717, 1.165) is 11.1 Å². The fourth-order valence-corrected chi connectivity index (χ4v) is 11.2. The van der Waals surface area contributed by atoms with Crippen molar-refractivity contribution >= 4 is 29.5 Å². The van der Waals surface area contributed by atoms with Gasteiger partial charge in [-0.15, -0.1) is 0 Å². The predicted octanol–water partition coefficient (Wildman–Crippen LogP) is 5.37. The van der Waals surface area contributed by atoms with Crippen molar-refractivity contribution in [3.8, 4) is 29.1 Å². The first kappa shape index (κ1) is 52.1. The standard InChI is InChI=1S/C55H65N3O14/c1-26(2)11-10-20-53(8)21-19-33-45(71-53)32(17-12-27(3)4)47-39(46(33)70-51(65)30-13-15-31(16-14-30)68-52-44(62)43(61)42(60)37(25-59)69-52)41-40-38(35(24-56)49(57)58-41)34-23-36(28(5)6)55(40,72-47)54(66,48(34)63)22-18-29(7)50(64)67-9/h11-16,18-19,21,28,34,36-38,42-44,52,58-62,66H,10,17,20,22-23,25,57H2,1-9H3/b29-18-/t34?,36?,37-,38?,42-,43+,44-,52-,53?,54?,55?/m0/s1. The second kappa shape index (κ2) is 19.6. The summed E-state index contributed by atoms with van der Waals surface area (Å²) in [6.45, 7) is 14.8. The third-order valence-corrected chi connectivity index (χ3v) is 15.0. The Balaban J connectivity index is 1.35. The summed E-state index contributed by atoms with van der Waals surface area (Å²) >= 11 is 0. The fraction of sp³-hybridized carbons (Fsp3) is 0.491. The Morgan fingerprint density at radius 1 is 1.00 bits per heavy atom. The van der Waals surface area contributed by atoms with Crippen LogP contribution in [0.5, 0.6) is 23.0 Å². The van der Waals surface area contributed by atoms with Crippen molar-refractivity contribution in [1.29, 1.82) is 5.26 Å². The number of nitrogens with one attached hydrogen (secondary N) is 1. The molecule has 7 aliphatic rings. The van der Waals surface area contributed by atoms with Crippen LogP contribution in [0.1, 0.15) is 108 Å². The number of methoxy groups -OCH3 is 1. The molecule has 0 amide bonds. The zero-order valence-corrected chi connectivity index (χ0v) is 42.1. The molecule has 4 aliphatic heterocycles. The highest BCUT2D eigenvalue weighted by atomic mass is 16.7. The molecule has 2 aromatic carbocycles. The second-order valence-electron chi connectivity index (χ2n) is 20.7. The van der Waals surface area contributed by atoms with Gasteiger partial charge in [0.15, 0.2) is 22.7 Å². The van der Waals surface area contributed by atoms with E-state index in [2.05, 4.69) is 17.5 Å². The lowest BCUT2D eigenvalue weighted by Crippen LogP contribution is -2.78. The predicted molar refractivity (Wildman–Crippen MR) is 263 cm³/mol. The highest BCUT2D eigenvalue weighted by Gasteiger charge is 2.76. The van der Waals surface area contributed by atoms with Crippen LogP contribution in [-0.2, 0) is 25.5 Å². The van der Waals surface area contributed by atoms with Gasteiger partial charge < -0.3 is 65.0 Å². The number of aliphatic hydroxyl groups excluding tert-OH is 4. The molecule has 6 unspecified atom stereocenters. The van der Waals surface area contributed by atoms with E-state index in [1.54, 1.807) is 0 Å². The number of hydrogen-bond donors (Lipinski definition) is 7. The molecule has 0 radical (unpaired) electrons. The Morgan fingerprint density at radius 3 is 2.32 bits per heavy atom. The maximum atomic E-state index is 15.2. The van der Waals surface area contributed by atoms with Crippen LogP contribution in [0.3, 0.4) is 0 Å². The SMILES string of the molecule is COC(=O)/C(C)=C\CC1(O)C(=O)C2CC(C(C)C)C13Oc1c(CC=C(C)C)c4c(c(OC(=O)c5ccc(O[C@H]6O[C@@H](CO)[C@H](O)[C@@H](O)[C@@H]6O)cc5)c1C1=C3C2C(C#N)=C(N)N1)C=CC(C)(CCC=C(C)C)O4. The van der Waals surface area contributed by atoms with Crippen LogP contribution in [0.2, 0.25) is 0 Å². The monoisotopic (exact) mass is 991 g/mol. The molecule has 17 nitrogen and oxygen atoms in total. The van der Waals surface area contributed by atoms with Crippen molar-refractivity contribution in [2.75, 3.05) is 13.7 Å². The van der Waals surface area contributed by atoms with Crippen LogP contribution >= 0.6 is 0 Å². The molecular formula is C55H65N3O14. The van der Waals surface area contributed by atoms with Gasteiger partial charge in [0.1, 0.15) is 53.1 Å². The van der Waals surface area contributed by atoms with Crippen LogP contribution in [-0.4, -0.2) is 104 Å². The number of nitrogens with two attached hydrogens (primary N) is 1. The molecule has 8 N–H and O–H groups in total. The van der Waals surface area contributed by atoms with Crippen molar-refractivity contribution < 1.29 is 68.3 Å². The topological polar surface area (TPSA) is 270 Å². The van der Waals surface area contributed by atoms with E-state index < -0.39 is 89.6 Å². The summed E-state index contributed by atoms with van der Waals surface area (Å²) in [6, 6.07) is 7.93. The highest BCUT2D eigenvalue weighted by molar-refractivity contribution is 6.02. The summed E-state index contributed by atoms with van der Waals surface area (Å²) in [5, 5.41) is 68.4. The Labute approximate surface area is 418 Å². The molecule has 72 heavy (non-hydrogen) atoms. The minimum Gasteiger partial charge on any atom is -0.482 e. The molecule has 2 aromatic rings. The minimum absolute atomic E-state index is 0.00541. The normalized spacial score (nSPS) is 31.0. The zero-order chi connectivity index (χ0) is 52.4. The largest absolute Gasteiger partial charge is 0.482 e. The number of nitriles is 1. The van der Waals surface area contributed by atoms with E-state index in [1.165, 1.54) is 44.4 Å². The van der Waals surface area contributed by atoms with Crippen LogP contribution in [0.25, 0.3) is 11.8 Å². The number of nitrogens with zero attached hydrogens (tertiary/aromatic N) is 1. The number of esters is 2. The summed E-state index contributed by atoms with van der Waals surface area (Å²) < 4.78 is 37.6. The van der Waals surface area contributed by atoms with Crippen LogP contribution in [0, 0.1) is 35.0 Å². The van der Waals surface area contributed by atoms with Gasteiger partial charge in [-0.2, -0.15) is 5.26 Å².